The Morgan fingerprint density at radius 3 is 2.88 bits per heavy atom. The summed E-state index contributed by atoms with van der Waals surface area (Å²) in [6.45, 7) is 2.06. The molecule has 1 aromatic heterocycles. The minimum atomic E-state index is 0.972. The predicted molar refractivity (Wildman–Crippen MR) is 32.8 cm³/mol. The predicted octanol–water partition coefficient (Wildman–Crippen LogP) is 0.564. The summed E-state index contributed by atoms with van der Waals surface area (Å²) in [4.78, 5) is 0. The van der Waals surface area contributed by atoms with Gasteiger partial charge in [0.05, 0.1) is 6.20 Å². The summed E-state index contributed by atoms with van der Waals surface area (Å²) in [7, 11) is 0. The molecule has 0 aliphatic rings. The summed E-state index contributed by atoms with van der Waals surface area (Å²) in [6.07, 6.45) is 3.79. The fraction of sp³-hybridized carbons (Fsp3) is 0.333. The van der Waals surface area contributed by atoms with Gasteiger partial charge < -0.3 is 5.84 Å². The molecular formula is C6H9N2. The average molecular weight is 109 g/mol. The van der Waals surface area contributed by atoms with Gasteiger partial charge in [0.25, 0.3) is 0 Å². The highest BCUT2D eigenvalue weighted by Gasteiger charge is 1.90. The molecule has 0 bridgehead atoms. The van der Waals surface area contributed by atoms with E-state index in [9.17, 15) is 0 Å². The molecule has 0 saturated heterocycles. The molecule has 1 rings (SSSR count). The van der Waals surface area contributed by atoms with Crippen molar-refractivity contribution < 1.29 is 0 Å². The third-order valence-electron chi connectivity index (χ3n) is 1.16. The zero-order valence-corrected chi connectivity index (χ0v) is 4.89. The van der Waals surface area contributed by atoms with Crippen molar-refractivity contribution in [3.8, 4) is 0 Å². The molecule has 0 aliphatic carbocycles. The van der Waals surface area contributed by atoms with Crippen LogP contribution in [0.2, 0.25) is 0 Å². The van der Waals surface area contributed by atoms with Crippen LogP contribution in [-0.4, -0.2) is 4.68 Å². The van der Waals surface area contributed by atoms with Gasteiger partial charge in [0.15, 0.2) is 0 Å². The lowest BCUT2D eigenvalue weighted by molar-refractivity contribution is 0.892. The maximum Gasteiger partial charge on any atom is 0.0877 e. The standard InChI is InChI=1S/C6H9N2/c1-2-6-4-3-5-8(6)7/h3-4H,2,7H2,1H3. The largest absolute Gasteiger partial charge is 0.339 e. The number of nitrogen functional groups attached to an aromatic ring is 1. The number of aryl methyl sites for hydroxylation is 1. The Labute approximate surface area is 48.9 Å². The highest BCUT2D eigenvalue weighted by atomic mass is 15.3. The number of rotatable bonds is 1. The molecular weight excluding hydrogens is 100 g/mol. The molecule has 2 heteroatoms. The van der Waals surface area contributed by atoms with E-state index in [0.29, 0.717) is 0 Å². The normalized spacial score (nSPS) is 9.62. The van der Waals surface area contributed by atoms with Crippen molar-refractivity contribution in [3.05, 3.63) is 24.0 Å². The first-order chi connectivity index (χ1) is 3.84. The SMILES string of the molecule is CCc1cc[c]n1N. The van der Waals surface area contributed by atoms with Gasteiger partial charge in [0, 0.05) is 5.69 Å². The van der Waals surface area contributed by atoms with Crippen molar-refractivity contribution in [1.82, 2.24) is 4.68 Å². The zero-order valence-electron chi connectivity index (χ0n) is 4.89. The van der Waals surface area contributed by atoms with Gasteiger partial charge in [-0.2, -0.15) is 0 Å². The molecule has 0 aromatic carbocycles. The van der Waals surface area contributed by atoms with Gasteiger partial charge in [0.2, 0.25) is 0 Å². The summed E-state index contributed by atoms with van der Waals surface area (Å²) in [5.41, 5.74) is 1.12. The first kappa shape index (κ1) is 5.22. The van der Waals surface area contributed by atoms with Crippen LogP contribution in [0.3, 0.4) is 0 Å². The fourth-order valence-corrected chi connectivity index (χ4v) is 0.665. The molecule has 0 amide bonds. The molecule has 0 spiro atoms. The Morgan fingerprint density at radius 2 is 2.62 bits per heavy atom. The second-order valence-corrected chi connectivity index (χ2v) is 1.68. The fourth-order valence-electron chi connectivity index (χ4n) is 0.665. The molecule has 1 radical (unpaired) electrons. The molecule has 43 valence electrons. The van der Waals surface area contributed by atoms with Gasteiger partial charge >= 0.3 is 0 Å². The quantitative estimate of drug-likeness (QED) is 0.525. The molecule has 0 unspecified atom stereocenters. The van der Waals surface area contributed by atoms with Crippen molar-refractivity contribution >= 4 is 0 Å². The highest BCUT2D eigenvalue weighted by Crippen LogP contribution is 1.95. The van der Waals surface area contributed by atoms with E-state index in [0.717, 1.165) is 12.1 Å². The summed E-state index contributed by atoms with van der Waals surface area (Å²) in [6, 6.07) is 3.78. The molecule has 0 saturated carbocycles. The van der Waals surface area contributed by atoms with Gasteiger partial charge in [0.1, 0.15) is 0 Å². The summed E-state index contributed by atoms with van der Waals surface area (Å²) < 4.78 is 1.51. The summed E-state index contributed by atoms with van der Waals surface area (Å²) in [5.74, 6) is 5.41. The van der Waals surface area contributed by atoms with Gasteiger partial charge in [-0.3, -0.25) is 4.68 Å². The van der Waals surface area contributed by atoms with E-state index < -0.39 is 0 Å². The van der Waals surface area contributed by atoms with Crippen LogP contribution < -0.4 is 5.84 Å². The van der Waals surface area contributed by atoms with Crippen LogP contribution >= 0.6 is 0 Å². The van der Waals surface area contributed by atoms with E-state index in [1.807, 2.05) is 12.1 Å². The van der Waals surface area contributed by atoms with E-state index in [4.69, 9.17) is 5.84 Å². The van der Waals surface area contributed by atoms with Crippen LogP contribution in [0.15, 0.2) is 12.1 Å². The zero-order chi connectivity index (χ0) is 5.98. The topological polar surface area (TPSA) is 30.9 Å². The average Bonchev–Trinajstić information content (AvgIpc) is 2.14. The first-order valence-corrected chi connectivity index (χ1v) is 2.68. The number of hydrogen-bond acceptors (Lipinski definition) is 1. The maximum absolute atomic E-state index is 5.41. The van der Waals surface area contributed by atoms with E-state index >= 15 is 0 Å². The first-order valence-electron chi connectivity index (χ1n) is 2.68. The third kappa shape index (κ3) is 0.689. The Bertz CT molecular complexity index is 167. The Hall–Kier alpha value is -0.920. The number of aromatic nitrogens is 1. The van der Waals surface area contributed by atoms with E-state index in [1.165, 1.54) is 4.68 Å². The minimum Gasteiger partial charge on any atom is -0.339 e. The van der Waals surface area contributed by atoms with Crippen LogP contribution in [-0.2, 0) is 6.42 Å². The van der Waals surface area contributed by atoms with Crippen molar-refractivity contribution in [3.63, 3.8) is 0 Å². The molecule has 2 N–H and O–H groups in total. The lowest BCUT2D eigenvalue weighted by Gasteiger charge is -1.94. The molecule has 0 fully saturated rings. The van der Waals surface area contributed by atoms with E-state index in [2.05, 4.69) is 13.1 Å². The van der Waals surface area contributed by atoms with Crippen molar-refractivity contribution in [1.29, 1.82) is 0 Å². The maximum atomic E-state index is 5.41. The number of nitrogens with zero attached hydrogens (tertiary/aromatic N) is 1. The lowest BCUT2D eigenvalue weighted by Crippen LogP contribution is -2.09. The van der Waals surface area contributed by atoms with Crippen LogP contribution in [0.5, 0.6) is 0 Å². The second kappa shape index (κ2) is 1.90. The number of nitrogens with two attached hydrogens (primary N) is 1. The molecule has 1 aromatic rings. The molecule has 0 atom stereocenters. The number of hydrogen-bond donors (Lipinski definition) is 1. The van der Waals surface area contributed by atoms with Crippen LogP contribution in [0, 0.1) is 6.20 Å². The molecule has 2 nitrogen and oxygen atoms in total. The van der Waals surface area contributed by atoms with Crippen molar-refractivity contribution in [2.75, 3.05) is 5.84 Å². The van der Waals surface area contributed by atoms with Crippen LogP contribution in [0.1, 0.15) is 12.6 Å². The van der Waals surface area contributed by atoms with Crippen LogP contribution in [0.25, 0.3) is 0 Å². The Kier molecular flexibility index (Phi) is 1.24. The van der Waals surface area contributed by atoms with Gasteiger partial charge in [-0.05, 0) is 18.6 Å². The van der Waals surface area contributed by atoms with Gasteiger partial charge in [-0.25, -0.2) is 0 Å². The van der Waals surface area contributed by atoms with Crippen LogP contribution in [0.4, 0.5) is 0 Å². The third-order valence-corrected chi connectivity index (χ3v) is 1.16. The smallest absolute Gasteiger partial charge is 0.0877 e. The Balaban J connectivity index is 2.92. The van der Waals surface area contributed by atoms with E-state index in [1.54, 1.807) is 0 Å². The lowest BCUT2D eigenvalue weighted by atomic mass is 10.3. The molecule has 8 heavy (non-hydrogen) atoms. The highest BCUT2D eigenvalue weighted by molar-refractivity contribution is 5.04. The van der Waals surface area contributed by atoms with Crippen molar-refractivity contribution in [2.24, 2.45) is 0 Å². The van der Waals surface area contributed by atoms with Gasteiger partial charge in [-0.1, -0.05) is 6.92 Å². The Morgan fingerprint density at radius 1 is 1.88 bits per heavy atom. The van der Waals surface area contributed by atoms with Gasteiger partial charge in [-0.15, -0.1) is 0 Å². The summed E-state index contributed by atoms with van der Waals surface area (Å²) in [5, 5.41) is 0. The monoisotopic (exact) mass is 109 g/mol. The van der Waals surface area contributed by atoms with E-state index in [-0.39, 0.29) is 0 Å². The molecule has 1 heterocycles. The second-order valence-electron chi connectivity index (χ2n) is 1.68. The summed E-state index contributed by atoms with van der Waals surface area (Å²) >= 11 is 0. The minimum absolute atomic E-state index is 0.972. The molecule has 0 aliphatic heterocycles. The van der Waals surface area contributed by atoms with Crippen molar-refractivity contribution in [2.45, 2.75) is 13.3 Å².